The molecule has 0 spiro atoms. The molecule has 1 nitrogen and oxygen atoms in total. The van der Waals surface area contributed by atoms with Gasteiger partial charge >= 0.3 is 0 Å². The third-order valence-electron chi connectivity index (χ3n) is 6.71. The Balaban J connectivity index is 2.00. The van der Waals surface area contributed by atoms with E-state index < -0.39 is 0 Å². The minimum absolute atomic E-state index is 0.341. The molecule has 0 atom stereocenters. The number of hydrogen-bond acceptors (Lipinski definition) is 3. The van der Waals surface area contributed by atoms with Gasteiger partial charge in [-0.3, -0.25) is 0 Å². The fourth-order valence-corrected chi connectivity index (χ4v) is 6.61. The van der Waals surface area contributed by atoms with Crippen LogP contribution in [0.4, 0.5) is 0 Å². The summed E-state index contributed by atoms with van der Waals surface area (Å²) in [6, 6.07) is 12.7. The number of aromatic hydroxyl groups is 1. The van der Waals surface area contributed by atoms with Crippen LogP contribution in [-0.4, -0.2) is 16.6 Å². The highest BCUT2D eigenvalue weighted by Gasteiger charge is 2.13. The van der Waals surface area contributed by atoms with Gasteiger partial charge in [-0.1, -0.05) is 109 Å². The number of unbranched alkanes of at least 4 members (excludes halogenated alkanes) is 10. The Hall–Kier alpha value is -1.06. The van der Waals surface area contributed by atoms with E-state index >= 15 is 0 Å². The van der Waals surface area contributed by atoms with Crippen molar-refractivity contribution in [1.82, 2.24) is 0 Å². The molecule has 35 heavy (non-hydrogen) atoms. The van der Waals surface area contributed by atoms with Gasteiger partial charge in [-0.15, -0.1) is 0 Å². The highest BCUT2D eigenvalue weighted by atomic mass is 32.2. The van der Waals surface area contributed by atoms with Gasteiger partial charge < -0.3 is 5.11 Å². The summed E-state index contributed by atoms with van der Waals surface area (Å²) in [6.45, 7) is 6.85. The lowest BCUT2D eigenvalue weighted by Crippen LogP contribution is -1.99. The normalized spacial score (nSPS) is 11.3. The van der Waals surface area contributed by atoms with Crippen molar-refractivity contribution < 1.29 is 5.11 Å². The maximum Gasteiger partial charge on any atom is 0.115 e. The number of thioether (sulfide) groups is 2. The summed E-state index contributed by atoms with van der Waals surface area (Å²) in [5.74, 6) is 5.06. The lowest BCUT2D eigenvalue weighted by molar-refractivity contribution is 0.475. The first-order valence-electron chi connectivity index (χ1n) is 14.3. The fraction of sp³-hybridized carbons (Fsp3) is 0.625. The largest absolute Gasteiger partial charge is 0.508 e. The second-order valence-corrected chi connectivity index (χ2v) is 12.0. The van der Waals surface area contributed by atoms with Gasteiger partial charge in [0.15, 0.2) is 0 Å². The Kier molecular flexibility index (Phi) is 16.5. The molecule has 2 aromatic carbocycles. The van der Waals surface area contributed by atoms with Crippen molar-refractivity contribution in [2.24, 2.45) is 0 Å². The van der Waals surface area contributed by atoms with E-state index in [1.54, 1.807) is 0 Å². The summed E-state index contributed by atoms with van der Waals surface area (Å²) < 4.78 is 0. The zero-order chi connectivity index (χ0) is 25.1. The molecule has 0 amide bonds. The molecule has 0 heterocycles. The molecular weight excluding hydrogens is 464 g/mol. The number of phenols is 1. The predicted molar refractivity (Wildman–Crippen MR) is 162 cm³/mol. The molecule has 0 saturated heterocycles. The molecule has 3 heteroatoms. The molecule has 196 valence electrons. The molecule has 0 aromatic heterocycles. The molecule has 0 aliphatic heterocycles. The third kappa shape index (κ3) is 12.2. The van der Waals surface area contributed by atoms with Crippen molar-refractivity contribution in [2.45, 2.75) is 116 Å². The van der Waals surface area contributed by atoms with Crippen molar-refractivity contribution in [3.05, 3.63) is 53.1 Å². The van der Waals surface area contributed by atoms with Gasteiger partial charge in [-0.25, -0.2) is 0 Å². The summed E-state index contributed by atoms with van der Waals surface area (Å²) >= 11 is 4.20. The van der Waals surface area contributed by atoms with E-state index in [1.807, 2.05) is 12.1 Å². The Morgan fingerprint density at radius 2 is 1.11 bits per heavy atom. The van der Waals surface area contributed by atoms with Crippen molar-refractivity contribution in [2.75, 3.05) is 11.5 Å². The number of hydrogen-bond donors (Lipinski definition) is 1. The fourth-order valence-electron chi connectivity index (χ4n) is 4.66. The lowest BCUT2D eigenvalue weighted by atomic mass is 9.92. The molecule has 0 saturated carbocycles. The Labute approximate surface area is 225 Å². The quantitative estimate of drug-likeness (QED) is 0.177. The SMILES string of the molecule is CCCCCCCCSCc1cc(CC)c(-c2ccc(O)cc2)c(CSCCCCCCCC)c1. The van der Waals surface area contributed by atoms with Crippen LogP contribution in [0.15, 0.2) is 36.4 Å². The van der Waals surface area contributed by atoms with E-state index in [-0.39, 0.29) is 0 Å². The van der Waals surface area contributed by atoms with Crippen LogP contribution < -0.4 is 0 Å². The molecule has 2 rings (SSSR count). The van der Waals surface area contributed by atoms with Crippen molar-refractivity contribution in [3.63, 3.8) is 0 Å². The zero-order valence-corrected chi connectivity index (χ0v) is 24.4. The van der Waals surface area contributed by atoms with Crippen LogP contribution in [-0.2, 0) is 17.9 Å². The predicted octanol–water partition coefficient (Wildman–Crippen LogP) is 10.8. The monoisotopic (exact) mass is 514 g/mol. The molecule has 2 aromatic rings. The Bertz CT molecular complexity index is 800. The van der Waals surface area contributed by atoms with Crippen LogP contribution in [0, 0.1) is 0 Å². The van der Waals surface area contributed by atoms with E-state index in [9.17, 15) is 5.11 Å². The first-order valence-corrected chi connectivity index (χ1v) is 16.6. The van der Waals surface area contributed by atoms with Crippen LogP contribution in [0.5, 0.6) is 5.75 Å². The summed E-state index contributed by atoms with van der Waals surface area (Å²) in [5, 5.41) is 9.82. The van der Waals surface area contributed by atoms with E-state index in [0.29, 0.717) is 5.75 Å². The van der Waals surface area contributed by atoms with E-state index in [2.05, 4.69) is 68.6 Å². The maximum atomic E-state index is 9.82. The first kappa shape index (κ1) is 30.2. The lowest BCUT2D eigenvalue weighted by Gasteiger charge is -2.17. The Morgan fingerprint density at radius 1 is 0.600 bits per heavy atom. The van der Waals surface area contributed by atoms with Gasteiger partial charge in [0.25, 0.3) is 0 Å². The van der Waals surface area contributed by atoms with Gasteiger partial charge in [-0.2, -0.15) is 23.5 Å². The molecule has 0 aliphatic carbocycles. The number of rotatable bonds is 20. The molecule has 0 radical (unpaired) electrons. The van der Waals surface area contributed by atoms with Crippen LogP contribution >= 0.6 is 23.5 Å². The summed E-state index contributed by atoms with van der Waals surface area (Å²) in [5.41, 5.74) is 7.04. The zero-order valence-electron chi connectivity index (χ0n) is 22.7. The molecule has 0 aliphatic rings. The average Bonchev–Trinajstić information content (AvgIpc) is 2.87. The number of aryl methyl sites for hydroxylation is 1. The van der Waals surface area contributed by atoms with Gasteiger partial charge in [-0.05, 0) is 70.7 Å². The topological polar surface area (TPSA) is 20.2 Å². The molecule has 0 bridgehead atoms. The van der Waals surface area contributed by atoms with Gasteiger partial charge in [0, 0.05) is 11.5 Å². The first-order chi connectivity index (χ1) is 17.2. The smallest absolute Gasteiger partial charge is 0.115 e. The molecular formula is C32H50OS2. The second-order valence-electron chi connectivity index (χ2n) is 9.83. The number of benzene rings is 2. The van der Waals surface area contributed by atoms with E-state index in [1.165, 1.54) is 116 Å². The van der Waals surface area contributed by atoms with Crippen LogP contribution in [0.2, 0.25) is 0 Å². The standard InChI is InChI=1S/C32H50OS2/c1-4-7-9-11-13-15-21-34-25-27-23-28(6-3)32(29-17-19-31(33)20-18-29)30(24-27)26-35-22-16-14-12-10-8-5-2/h17-20,23-24,33H,4-16,21-22,25-26H2,1-3H3. The summed E-state index contributed by atoms with van der Waals surface area (Å²) in [4.78, 5) is 0. The molecule has 0 fully saturated rings. The van der Waals surface area contributed by atoms with E-state index in [0.717, 1.165) is 17.9 Å². The maximum absolute atomic E-state index is 9.82. The average molecular weight is 515 g/mol. The van der Waals surface area contributed by atoms with Crippen LogP contribution in [0.3, 0.4) is 0 Å². The Morgan fingerprint density at radius 3 is 1.69 bits per heavy atom. The van der Waals surface area contributed by atoms with Crippen molar-refractivity contribution in [1.29, 1.82) is 0 Å². The summed E-state index contributed by atoms with van der Waals surface area (Å²) in [6.07, 6.45) is 17.5. The minimum Gasteiger partial charge on any atom is -0.508 e. The highest BCUT2D eigenvalue weighted by Crippen LogP contribution is 2.34. The third-order valence-corrected chi connectivity index (χ3v) is 8.92. The summed E-state index contributed by atoms with van der Waals surface area (Å²) in [7, 11) is 0. The molecule has 1 N–H and O–H groups in total. The van der Waals surface area contributed by atoms with Crippen molar-refractivity contribution in [3.8, 4) is 16.9 Å². The van der Waals surface area contributed by atoms with Crippen LogP contribution in [0.25, 0.3) is 11.1 Å². The minimum atomic E-state index is 0.341. The van der Waals surface area contributed by atoms with Crippen molar-refractivity contribution >= 4 is 23.5 Å². The second kappa shape index (κ2) is 19.1. The van der Waals surface area contributed by atoms with Crippen LogP contribution in [0.1, 0.15) is 115 Å². The van der Waals surface area contributed by atoms with Gasteiger partial charge in [0.1, 0.15) is 5.75 Å². The molecule has 0 unspecified atom stereocenters. The van der Waals surface area contributed by atoms with Gasteiger partial charge in [0.05, 0.1) is 0 Å². The van der Waals surface area contributed by atoms with Gasteiger partial charge in [0.2, 0.25) is 0 Å². The highest BCUT2D eigenvalue weighted by molar-refractivity contribution is 7.98. The van der Waals surface area contributed by atoms with E-state index in [4.69, 9.17) is 0 Å². The number of phenolic OH excluding ortho intramolecular Hbond substituents is 1.